The van der Waals surface area contributed by atoms with E-state index in [0.717, 1.165) is 5.69 Å². The maximum Gasteiger partial charge on any atom is 0.209 e. The molecule has 0 unspecified atom stereocenters. The van der Waals surface area contributed by atoms with Gasteiger partial charge in [0.1, 0.15) is 10.7 Å². The van der Waals surface area contributed by atoms with Gasteiger partial charge in [-0.25, -0.2) is 4.98 Å². The Morgan fingerprint density at radius 3 is 1.94 bits per heavy atom. The molecule has 4 heteroatoms. The molecular formula is C13H21BNOS. The van der Waals surface area contributed by atoms with Crippen LogP contribution in [-0.4, -0.2) is 17.9 Å². The van der Waals surface area contributed by atoms with Crippen LogP contribution in [0.5, 0.6) is 0 Å². The molecule has 1 aromatic heterocycles. The number of aromatic nitrogens is 1. The first-order valence-electron chi connectivity index (χ1n) is 5.93. The van der Waals surface area contributed by atoms with E-state index in [4.69, 9.17) is 0 Å². The van der Waals surface area contributed by atoms with Crippen LogP contribution in [0.15, 0.2) is 0 Å². The van der Waals surface area contributed by atoms with Crippen molar-refractivity contribution in [3.05, 3.63) is 15.6 Å². The van der Waals surface area contributed by atoms with E-state index in [0.29, 0.717) is 5.01 Å². The fourth-order valence-corrected chi connectivity index (χ4v) is 2.87. The van der Waals surface area contributed by atoms with E-state index in [9.17, 15) is 4.79 Å². The Kier molecular flexibility index (Phi) is 3.87. The summed E-state index contributed by atoms with van der Waals surface area (Å²) in [6.45, 7) is 14.7. The largest absolute Gasteiger partial charge is 0.304 e. The zero-order chi connectivity index (χ0) is 13.4. The number of rotatable bonds is 2. The predicted molar refractivity (Wildman–Crippen MR) is 75.5 cm³/mol. The van der Waals surface area contributed by atoms with Crippen LogP contribution in [-0.2, 0) is 10.8 Å². The van der Waals surface area contributed by atoms with Gasteiger partial charge in [0.25, 0.3) is 0 Å². The van der Waals surface area contributed by atoms with Crippen molar-refractivity contribution in [1.29, 1.82) is 0 Å². The maximum absolute atomic E-state index is 11.7. The molecule has 0 N–H and O–H groups in total. The van der Waals surface area contributed by atoms with Crippen LogP contribution in [0.3, 0.4) is 0 Å². The van der Waals surface area contributed by atoms with E-state index in [1.807, 2.05) is 0 Å². The highest BCUT2D eigenvalue weighted by atomic mass is 32.1. The Morgan fingerprint density at radius 1 is 1.12 bits per heavy atom. The van der Waals surface area contributed by atoms with Gasteiger partial charge >= 0.3 is 0 Å². The fraction of sp³-hybridized carbons (Fsp3) is 0.692. The van der Waals surface area contributed by atoms with E-state index in [-0.39, 0.29) is 16.5 Å². The highest BCUT2D eigenvalue weighted by Gasteiger charge is 2.30. The van der Waals surface area contributed by atoms with E-state index >= 15 is 0 Å². The Morgan fingerprint density at radius 2 is 1.65 bits per heavy atom. The van der Waals surface area contributed by atoms with E-state index in [1.165, 1.54) is 16.2 Å². The van der Waals surface area contributed by atoms with Crippen LogP contribution in [0.1, 0.15) is 61.9 Å². The summed E-state index contributed by atoms with van der Waals surface area (Å²) in [6.07, 6.45) is 0. The number of carbonyl (C=O) groups excluding carboxylic acids is 1. The topological polar surface area (TPSA) is 30.0 Å². The summed E-state index contributed by atoms with van der Waals surface area (Å²) in [7, 11) is 1.58. The highest BCUT2D eigenvalue weighted by molar-refractivity contribution is 7.16. The summed E-state index contributed by atoms with van der Waals surface area (Å²) in [4.78, 5) is 17.5. The van der Waals surface area contributed by atoms with Gasteiger partial charge in [0, 0.05) is 10.3 Å². The molecule has 1 radical (unpaired) electrons. The number of carbonyl (C=O) groups is 1. The molecule has 0 aliphatic carbocycles. The summed E-state index contributed by atoms with van der Waals surface area (Å²) in [5.74, 6) is 0. The van der Waals surface area contributed by atoms with Gasteiger partial charge in [-0.3, -0.25) is 0 Å². The third-order valence-corrected chi connectivity index (χ3v) is 3.99. The number of hydrogen-bond donors (Lipinski definition) is 0. The normalized spacial score (nSPS) is 12.6. The van der Waals surface area contributed by atoms with Crippen LogP contribution in [0.4, 0.5) is 0 Å². The summed E-state index contributed by atoms with van der Waals surface area (Å²) in [5, 5.41) is 0.613. The highest BCUT2D eigenvalue weighted by Crippen LogP contribution is 2.37. The molecule has 0 aliphatic rings. The average molecular weight is 250 g/mol. The minimum absolute atomic E-state index is 0.0224. The van der Waals surface area contributed by atoms with Crippen molar-refractivity contribution < 1.29 is 4.79 Å². The maximum atomic E-state index is 11.7. The molecule has 17 heavy (non-hydrogen) atoms. The Hall–Kier alpha value is -0.635. The van der Waals surface area contributed by atoms with Gasteiger partial charge in [-0.15, -0.1) is 11.3 Å². The molecule has 0 spiro atoms. The summed E-state index contributed by atoms with van der Waals surface area (Å²) in [5.41, 5.74) is 1.09. The van der Waals surface area contributed by atoms with Crippen molar-refractivity contribution in [3.8, 4) is 0 Å². The SMILES string of the molecule is C[B]C(=O)c1nc(C(C)(C)C)c(C(C)(C)C)s1. The second-order valence-corrected chi connectivity index (χ2v) is 7.35. The van der Waals surface area contributed by atoms with Gasteiger partial charge in [-0.2, -0.15) is 0 Å². The third kappa shape index (κ3) is 3.18. The van der Waals surface area contributed by atoms with Crippen molar-refractivity contribution in [2.24, 2.45) is 0 Å². The summed E-state index contributed by atoms with van der Waals surface area (Å²) < 4.78 is 0. The molecule has 93 valence electrons. The zero-order valence-corrected chi connectivity index (χ0v) is 12.7. The van der Waals surface area contributed by atoms with Crippen molar-refractivity contribution >= 4 is 24.3 Å². The molecule has 0 saturated heterocycles. The van der Waals surface area contributed by atoms with Crippen molar-refractivity contribution in [2.45, 2.75) is 59.2 Å². The van der Waals surface area contributed by atoms with Gasteiger partial charge in [0.15, 0.2) is 0 Å². The third-order valence-electron chi connectivity index (χ3n) is 2.49. The lowest BCUT2D eigenvalue weighted by Crippen LogP contribution is -2.20. The first-order valence-corrected chi connectivity index (χ1v) is 6.74. The van der Waals surface area contributed by atoms with Crippen molar-refractivity contribution in [1.82, 2.24) is 4.98 Å². The van der Waals surface area contributed by atoms with Crippen LogP contribution >= 0.6 is 11.3 Å². The Balaban J connectivity index is 3.38. The Bertz CT molecular complexity index is 392. The van der Waals surface area contributed by atoms with Gasteiger partial charge in [-0.1, -0.05) is 48.4 Å². The van der Waals surface area contributed by atoms with Crippen molar-refractivity contribution in [3.63, 3.8) is 0 Å². The van der Waals surface area contributed by atoms with Crippen LogP contribution in [0, 0.1) is 0 Å². The fourth-order valence-electron chi connectivity index (χ4n) is 1.57. The lowest BCUT2D eigenvalue weighted by molar-refractivity contribution is 0.107. The predicted octanol–water partition coefficient (Wildman–Crippen LogP) is 3.63. The molecule has 1 heterocycles. The van der Waals surface area contributed by atoms with Crippen LogP contribution < -0.4 is 0 Å². The average Bonchev–Trinajstić information content (AvgIpc) is 2.59. The lowest BCUT2D eigenvalue weighted by Gasteiger charge is -2.24. The number of nitrogens with zero attached hydrogens (tertiary/aromatic N) is 1. The van der Waals surface area contributed by atoms with Crippen molar-refractivity contribution in [2.75, 3.05) is 0 Å². The second-order valence-electron chi connectivity index (χ2n) is 6.35. The standard InChI is InChI=1S/C13H21BNOS/c1-12(2,3)8-9(13(4,5)6)17-11(15-8)10(16)14-7/h1-7H3. The molecule has 0 fully saturated rings. The number of hydrogen-bond acceptors (Lipinski definition) is 3. The van der Waals surface area contributed by atoms with Gasteiger partial charge < -0.3 is 4.79 Å². The van der Waals surface area contributed by atoms with E-state index in [2.05, 4.69) is 46.5 Å². The molecule has 1 aromatic rings. The van der Waals surface area contributed by atoms with E-state index < -0.39 is 0 Å². The van der Waals surface area contributed by atoms with Gasteiger partial charge in [0.2, 0.25) is 7.28 Å². The molecule has 0 saturated carbocycles. The summed E-state index contributed by atoms with van der Waals surface area (Å²) in [6, 6.07) is 0. The van der Waals surface area contributed by atoms with Gasteiger partial charge in [0.05, 0.1) is 5.69 Å². The Labute approximate surface area is 109 Å². The van der Waals surface area contributed by atoms with E-state index in [1.54, 1.807) is 14.1 Å². The minimum Gasteiger partial charge on any atom is -0.304 e. The number of thiazole rings is 1. The zero-order valence-electron chi connectivity index (χ0n) is 11.8. The molecule has 1 rings (SSSR count). The summed E-state index contributed by atoms with van der Waals surface area (Å²) >= 11 is 1.53. The van der Waals surface area contributed by atoms with Crippen LogP contribution in [0.25, 0.3) is 0 Å². The first-order chi connectivity index (χ1) is 7.57. The quantitative estimate of drug-likeness (QED) is 0.750. The molecule has 0 bridgehead atoms. The molecule has 0 amide bonds. The molecule has 0 aliphatic heterocycles. The van der Waals surface area contributed by atoms with Crippen LogP contribution in [0.2, 0.25) is 6.82 Å². The smallest absolute Gasteiger partial charge is 0.209 e. The second kappa shape index (κ2) is 4.56. The monoisotopic (exact) mass is 250 g/mol. The minimum atomic E-state index is -0.0224. The first kappa shape index (κ1) is 14.4. The molecule has 0 atom stereocenters. The van der Waals surface area contributed by atoms with Gasteiger partial charge in [-0.05, 0) is 5.41 Å². The molecular weight excluding hydrogens is 229 g/mol. The molecule has 0 aromatic carbocycles. The molecule has 2 nitrogen and oxygen atoms in total. The lowest BCUT2D eigenvalue weighted by atomic mass is 9.77.